The minimum absolute atomic E-state index is 0.0399. The largest absolute Gasteiger partial charge is 0.508 e. The molecule has 6 nitrogen and oxygen atoms in total. The first kappa shape index (κ1) is 19.9. The number of aliphatic hydroxyl groups excluding tert-OH is 2. The summed E-state index contributed by atoms with van der Waals surface area (Å²) in [4.78, 5) is 16.6. The molecule has 0 radical (unpaired) electrons. The molecule has 2 aromatic rings. The van der Waals surface area contributed by atoms with Crippen LogP contribution in [-0.4, -0.2) is 38.5 Å². The summed E-state index contributed by atoms with van der Waals surface area (Å²) in [5.74, 6) is -1.05. The van der Waals surface area contributed by atoms with E-state index in [9.17, 15) is 25.2 Å². The van der Waals surface area contributed by atoms with Gasteiger partial charge in [0.25, 0.3) is 0 Å². The highest BCUT2D eigenvalue weighted by Gasteiger charge is 2.27. The minimum atomic E-state index is -0.571. The molecule has 0 spiro atoms. The molecular weight excluding hydrogens is 405 g/mol. The molecule has 8 heteroatoms. The molecule has 0 atom stereocenters. The van der Waals surface area contributed by atoms with Crippen molar-refractivity contribution in [2.24, 2.45) is 4.99 Å². The summed E-state index contributed by atoms with van der Waals surface area (Å²) in [6, 6.07) is 8.74. The number of nitrogens with zero attached hydrogens (tertiary/aromatic N) is 1. The van der Waals surface area contributed by atoms with Gasteiger partial charge in [-0.15, -0.1) is 0 Å². The highest BCUT2D eigenvalue weighted by atomic mass is 35.5. The van der Waals surface area contributed by atoms with Crippen LogP contribution < -0.4 is 0 Å². The number of ketones is 1. The SMILES string of the molecule is O=C1C=C(O)C(Cc2ccc(O)c(Cl)c2)=C(CO)C1=Nc1ccc(O)c(Cl)c1. The molecule has 0 aromatic heterocycles. The first-order chi connectivity index (χ1) is 13.3. The number of halogens is 2. The maximum Gasteiger partial charge on any atom is 0.208 e. The van der Waals surface area contributed by atoms with Crippen LogP contribution in [0.1, 0.15) is 5.56 Å². The fraction of sp³-hybridized carbons (Fsp3) is 0.100. The van der Waals surface area contributed by atoms with Gasteiger partial charge in [0.1, 0.15) is 23.0 Å². The second-order valence-corrected chi connectivity index (χ2v) is 6.88. The van der Waals surface area contributed by atoms with Crippen molar-refractivity contribution in [1.82, 2.24) is 0 Å². The van der Waals surface area contributed by atoms with Crippen LogP contribution in [0.25, 0.3) is 0 Å². The van der Waals surface area contributed by atoms with Crippen molar-refractivity contribution in [1.29, 1.82) is 0 Å². The van der Waals surface area contributed by atoms with Crippen LogP contribution in [0.5, 0.6) is 11.5 Å². The van der Waals surface area contributed by atoms with Crippen molar-refractivity contribution in [3.63, 3.8) is 0 Å². The van der Waals surface area contributed by atoms with E-state index in [1.54, 1.807) is 6.07 Å². The molecule has 4 N–H and O–H groups in total. The van der Waals surface area contributed by atoms with E-state index < -0.39 is 12.4 Å². The van der Waals surface area contributed by atoms with Crippen LogP contribution >= 0.6 is 23.2 Å². The molecule has 0 saturated carbocycles. The lowest BCUT2D eigenvalue weighted by atomic mass is 9.89. The molecule has 0 saturated heterocycles. The second-order valence-electron chi connectivity index (χ2n) is 6.07. The van der Waals surface area contributed by atoms with E-state index in [0.717, 1.165) is 6.08 Å². The fourth-order valence-electron chi connectivity index (χ4n) is 2.77. The molecule has 144 valence electrons. The topological polar surface area (TPSA) is 110 Å². The third kappa shape index (κ3) is 4.04. The molecule has 0 heterocycles. The number of hydrogen-bond donors (Lipinski definition) is 4. The van der Waals surface area contributed by atoms with Crippen molar-refractivity contribution >= 4 is 40.4 Å². The maximum atomic E-state index is 12.4. The standard InChI is InChI=1S/C20H15Cl2NO5/c21-14-6-10(1-3-16(14)25)5-12-13(9-24)20(19(28)8-18(12)27)23-11-2-4-17(26)15(22)7-11/h1-4,6-8,24-27H,5,9H2. The summed E-state index contributed by atoms with van der Waals surface area (Å²) >= 11 is 11.8. The Kier molecular flexibility index (Phi) is 5.74. The zero-order valence-electron chi connectivity index (χ0n) is 14.4. The lowest BCUT2D eigenvalue weighted by Crippen LogP contribution is -2.24. The molecule has 0 unspecified atom stereocenters. The number of hydrogen-bond acceptors (Lipinski definition) is 6. The monoisotopic (exact) mass is 419 g/mol. The normalized spacial score (nSPS) is 15.9. The molecule has 2 aromatic carbocycles. The molecule has 0 fully saturated rings. The van der Waals surface area contributed by atoms with E-state index in [-0.39, 0.29) is 45.0 Å². The van der Waals surface area contributed by atoms with Crippen molar-refractivity contribution in [3.8, 4) is 11.5 Å². The first-order valence-corrected chi connectivity index (χ1v) is 8.89. The van der Waals surface area contributed by atoms with Gasteiger partial charge in [-0.3, -0.25) is 4.79 Å². The third-order valence-corrected chi connectivity index (χ3v) is 4.79. The van der Waals surface area contributed by atoms with Gasteiger partial charge >= 0.3 is 0 Å². The van der Waals surface area contributed by atoms with Gasteiger partial charge in [-0.25, -0.2) is 4.99 Å². The average molecular weight is 420 g/mol. The van der Waals surface area contributed by atoms with Crippen molar-refractivity contribution < 1.29 is 25.2 Å². The molecule has 0 aliphatic heterocycles. The van der Waals surface area contributed by atoms with E-state index in [0.29, 0.717) is 16.8 Å². The summed E-state index contributed by atoms with van der Waals surface area (Å²) in [5.41, 5.74) is 1.40. The highest BCUT2D eigenvalue weighted by Crippen LogP contribution is 2.31. The molecule has 1 aliphatic carbocycles. The Morgan fingerprint density at radius 3 is 2.14 bits per heavy atom. The number of aliphatic imine (C=N–C) groups is 1. The van der Waals surface area contributed by atoms with Gasteiger partial charge in [-0.1, -0.05) is 29.3 Å². The smallest absolute Gasteiger partial charge is 0.208 e. The van der Waals surface area contributed by atoms with E-state index in [2.05, 4.69) is 4.99 Å². The Morgan fingerprint density at radius 1 is 0.893 bits per heavy atom. The Morgan fingerprint density at radius 2 is 1.54 bits per heavy atom. The van der Waals surface area contributed by atoms with E-state index in [4.69, 9.17) is 23.2 Å². The van der Waals surface area contributed by atoms with Crippen LogP contribution in [0.15, 0.2) is 64.4 Å². The van der Waals surface area contributed by atoms with Crippen molar-refractivity contribution in [3.05, 3.63) is 75.0 Å². The van der Waals surface area contributed by atoms with Gasteiger partial charge in [0.05, 0.1) is 22.3 Å². The number of aromatic hydroxyl groups is 2. The summed E-state index contributed by atoms with van der Waals surface area (Å²) in [6.45, 7) is -0.532. The van der Waals surface area contributed by atoms with Gasteiger partial charge < -0.3 is 20.4 Å². The molecular formula is C20H15Cl2NO5. The molecule has 28 heavy (non-hydrogen) atoms. The number of phenols is 2. The fourth-order valence-corrected chi connectivity index (χ4v) is 3.15. The maximum absolute atomic E-state index is 12.4. The molecule has 1 aliphatic rings. The Hall–Kier alpha value is -2.80. The minimum Gasteiger partial charge on any atom is -0.508 e. The number of phenolic OH excluding ortho intramolecular Hbond substituents is 2. The molecule has 0 amide bonds. The number of allylic oxidation sites excluding steroid dienone is 2. The predicted octanol–water partition coefficient (Wildman–Crippen LogP) is 4.03. The van der Waals surface area contributed by atoms with Crippen molar-refractivity contribution in [2.75, 3.05) is 6.61 Å². The van der Waals surface area contributed by atoms with Crippen LogP contribution in [-0.2, 0) is 11.2 Å². The van der Waals surface area contributed by atoms with Gasteiger partial charge in [0, 0.05) is 23.6 Å². The number of aliphatic hydroxyl groups is 2. The molecule has 3 rings (SSSR count). The summed E-state index contributed by atoms with van der Waals surface area (Å²) in [7, 11) is 0. The molecule has 0 bridgehead atoms. The van der Waals surface area contributed by atoms with Gasteiger partial charge in [0.15, 0.2) is 0 Å². The lowest BCUT2D eigenvalue weighted by molar-refractivity contribution is -0.109. The van der Waals surface area contributed by atoms with Crippen LogP contribution in [0.4, 0.5) is 5.69 Å². The number of benzene rings is 2. The van der Waals surface area contributed by atoms with Crippen LogP contribution in [0.3, 0.4) is 0 Å². The van der Waals surface area contributed by atoms with Gasteiger partial charge in [-0.05, 0) is 35.9 Å². The third-order valence-electron chi connectivity index (χ3n) is 4.18. The predicted molar refractivity (Wildman–Crippen MR) is 107 cm³/mol. The lowest BCUT2D eigenvalue weighted by Gasteiger charge is -2.19. The van der Waals surface area contributed by atoms with Crippen molar-refractivity contribution in [2.45, 2.75) is 6.42 Å². The van der Waals surface area contributed by atoms with Gasteiger partial charge in [-0.2, -0.15) is 0 Å². The Balaban J connectivity index is 2.07. The Labute approximate surface area is 170 Å². The van der Waals surface area contributed by atoms with Crippen LogP contribution in [0.2, 0.25) is 10.0 Å². The van der Waals surface area contributed by atoms with Crippen LogP contribution in [0, 0.1) is 0 Å². The summed E-state index contributed by atoms with van der Waals surface area (Å²) in [5, 5.41) is 39.4. The Bertz CT molecular complexity index is 1060. The first-order valence-electron chi connectivity index (χ1n) is 8.13. The van der Waals surface area contributed by atoms with Gasteiger partial charge in [0.2, 0.25) is 5.78 Å². The summed E-state index contributed by atoms with van der Waals surface area (Å²) in [6.07, 6.45) is 1.18. The van der Waals surface area contributed by atoms with E-state index >= 15 is 0 Å². The average Bonchev–Trinajstić information content (AvgIpc) is 2.65. The number of carbonyl (C=O) groups excluding carboxylic acids is 1. The number of carbonyl (C=O) groups is 1. The van der Waals surface area contributed by atoms with E-state index in [1.807, 2.05) is 0 Å². The highest BCUT2D eigenvalue weighted by molar-refractivity contribution is 6.51. The number of rotatable bonds is 4. The van der Waals surface area contributed by atoms with E-state index in [1.165, 1.54) is 30.3 Å². The summed E-state index contributed by atoms with van der Waals surface area (Å²) < 4.78 is 0. The zero-order chi connectivity index (χ0) is 20.4. The quantitative estimate of drug-likeness (QED) is 0.559. The zero-order valence-corrected chi connectivity index (χ0v) is 15.9. The second kappa shape index (κ2) is 8.06.